The summed E-state index contributed by atoms with van der Waals surface area (Å²) in [5.74, 6) is 0.670. The lowest BCUT2D eigenvalue weighted by molar-refractivity contribution is 0.0952. The highest BCUT2D eigenvalue weighted by atomic mass is 16.1. The number of benzene rings is 1. The van der Waals surface area contributed by atoms with Crippen molar-refractivity contribution in [3.8, 4) is 5.82 Å². The van der Waals surface area contributed by atoms with Crippen LogP contribution in [0.2, 0.25) is 0 Å². The van der Waals surface area contributed by atoms with Gasteiger partial charge in [0.05, 0.1) is 11.1 Å². The quantitative estimate of drug-likeness (QED) is 0.608. The number of aromatic nitrogens is 4. The Kier molecular flexibility index (Phi) is 4.38. The van der Waals surface area contributed by atoms with Crippen LogP contribution in [0, 0.1) is 13.8 Å². The molecule has 27 heavy (non-hydrogen) atoms. The molecular formula is C21H19N5O. The second kappa shape index (κ2) is 6.99. The first kappa shape index (κ1) is 16.9. The summed E-state index contributed by atoms with van der Waals surface area (Å²) in [7, 11) is 0. The van der Waals surface area contributed by atoms with Crippen LogP contribution in [0.1, 0.15) is 27.2 Å². The Hall–Kier alpha value is -3.54. The molecule has 4 rings (SSSR count). The molecule has 3 aromatic heterocycles. The van der Waals surface area contributed by atoms with E-state index in [0.717, 1.165) is 33.5 Å². The van der Waals surface area contributed by atoms with Gasteiger partial charge in [0.25, 0.3) is 5.91 Å². The molecule has 0 aliphatic heterocycles. The van der Waals surface area contributed by atoms with Crippen LogP contribution < -0.4 is 5.32 Å². The number of pyridine rings is 2. The first-order valence-electron chi connectivity index (χ1n) is 8.69. The van der Waals surface area contributed by atoms with Crippen molar-refractivity contribution >= 4 is 16.8 Å². The molecule has 6 heteroatoms. The number of nitrogens with one attached hydrogen (secondary N) is 1. The van der Waals surface area contributed by atoms with Gasteiger partial charge >= 0.3 is 0 Å². The largest absolute Gasteiger partial charge is 0.348 e. The van der Waals surface area contributed by atoms with E-state index in [4.69, 9.17) is 0 Å². The fraction of sp³-hybridized carbons (Fsp3) is 0.143. The molecular weight excluding hydrogens is 338 g/mol. The van der Waals surface area contributed by atoms with E-state index >= 15 is 0 Å². The highest BCUT2D eigenvalue weighted by Gasteiger charge is 2.12. The second-order valence-electron chi connectivity index (χ2n) is 6.51. The van der Waals surface area contributed by atoms with Gasteiger partial charge in [-0.25, -0.2) is 9.97 Å². The average Bonchev–Trinajstić information content (AvgIpc) is 3.21. The maximum Gasteiger partial charge on any atom is 0.252 e. The molecule has 1 amide bonds. The lowest BCUT2D eigenvalue weighted by atomic mass is 10.0. The number of carbonyl (C=O) groups excluding carboxylic acids is 1. The maximum absolute atomic E-state index is 12.8. The fourth-order valence-corrected chi connectivity index (χ4v) is 3.01. The van der Waals surface area contributed by atoms with Crippen molar-refractivity contribution in [1.82, 2.24) is 24.8 Å². The molecule has 0 bridgehead atoms. The van der Waals surface area contributed by atoms with E-state index in [1.54, 1.807) is 18.7 Å². The molecule has 0 aliphatic carbocycles. The highest BCUT2D eigenvalue weighted by molar-refractivity contribution is 6.06. The molecule has 0 saturated carbocycles. The fourth-order valence-electron chi connectivity index (χ4n) is 3.01. The Morgan fingerprint density at radius 2 is 2.04 bits per heavy atom. The number of rotatable bonds is 4. The Morgan fingerprint density at radius 1 is 1.15 bits per heavy atom. The molecule has 0 spiro atoms. The molecule has 1 aromatic carbocycles. The van der Waals surface area contributed by atoms with Crippen molar-refractivity contribution in [3.63, 3.8) is 0 Å². The SMILES string of the molecule is Cc1ccc2nc(C)cc(C(=O)NCc3ccc(-n4ccnc4)nc3)c2c1. The summed E-state index contributed by atoms with van der Waals surface area (Å²) in [6.07, 6.45) is 7.00. The minimum atomic E-state index is -0.116. The van der Waals surface area contributed by atoms with Crippen LogP contribution in [0.3, 0.4) is 0 Å². The van der Waals surface area contributed by atoms with E-state index in [0.29, 0.717) is 12.1 Å². The molecule has 0 unspecified atom stereocenters. The Labute approximate surface area is 156 Å². The standard InChI is InChI=1S/C21H19N5O/c1-14-3-5-19-17(9-14)18(10-15(2)25-19)21(27)24-12-16-4-6-20(23-11-16)26-8-7-22-13-26/h3-11,13H,12H2,1-2H3,(H,24,27). The zero-order valence-electron chi connectivity index (χ0n) is 15.2. The molecule has 1 N–H and O–H groups in total. The third-order valence-corrected chi connectivity index (χ3v) is 4.37. The van der Waals surface area contributed by atoms with E-state index in [1.165, 1.54) is 0 Å². The van der Waals surface area contributed by atoms with Crippen molar-refractivity contribution < 1.29 is 4.79 Å². The van der Waals surface area contributed by atoms with Crippen LogP contribution >= 0.6 is 0 Å². The summed E-state index contributed by atoms with van der Waals surface area (Å²) in [6.45, 7) is 4.31. The molecule has 0 atom stereocenters. The van der Waals surface area contributed by atoms with Gasteiger partial charge in [0.15, 0.2) is 0 Å². The van der Waals surface area contributed by atoms with Crippen LogP contribution in [0.4, 0.5) is 0 Å². The van der Waals surface area contributed by atoms with E-state index in [-0.39, 0.29) is 5.91 Å². The molecule has 0 aliphatic rings. The summed E-state index contributed by atoms with van der Waals surface area (Å²) in [4.78, 5) is 25.7. The van der Waals surface area contributed by atoms with Crippen molar-refractivity contribution in [2.45, 2.75) is 20.4 Å². The summed E-state index contributed by atoms with van der Waals surface area (Å²) >= 11 is 0. The van der Waals surface area contributed by atoms with Gasteiger partial charge in [-0.15, -0.1) is 0 Å². The molecule has 134 valence electrons. The third kappa shape index (κ3) is 3.55. The first-order chi connectivity index (χ1) is 13.1. The summed E-state index contributed by atoms with van der Waals surface area (Å²) in [5, 5.41) is 3.85. The Balaban J connectivity index is 1.53. The molecule has 0 fully saturated rings. The first-order valence-corrected chi connectivity index (χ1v) is 8.69. The molecule has 4 aromatic rings. The Morgan fingerprint density at radius 3 is 2.78 bits per heavy atom. The number of amides is 1. The number of fused-ring (bicyclic) bond motifs is 1. The monoisotopic (exact) mass is 357 g/mol. The Bertz CT molecular complexity index is 1100. The average molecular weight is 357 g/mol. The molecule has 3 heterocycles. The van der Waals surface area contributed by atoms with Crippen LogP contribution in [0.25, 0.3) is 16.7 Å². The van der Waals surface area contributed by atoms with E-state index in [1.807, 2.05) is 61.0 Å². The van der Waals surface area contributed by atoms with Gasteiger partial charge in [-0.1, -0.05) is 17.7 Å². The van der Waals surface area contributed by atoms with Crippen LogP contribution in [-0.4, -0.2) is 25.4 Å². The van der Waals surface area contributed by atoms with Crippen LogP contribution in [0.5, 0.6) is 0 Å². The molecule has 0 saturated heterocycles. The predicted molar refractivity (Wildman–Crippen MR) is 104 cm³/mol. The smallest absolute Gasteiger partial charge is 0.252 e. The number of nitrogens with zero attached hydrogens (tertiary/aromatic N) is 4. The number of imidazole rings is 1. The van der Waals surface area contributed by atoms with Gasteiger partial charge in [0, 0.05) is 36.2 Å². The normalized spacial score (nSPS) is 10.9. The van der Waals surface area contributed by atoms with Gasteiger partial charge in [0.1, 0.15) is 12.1 Å². The molecule has 0 radical (unpaired) electrons. The lowest BCUT2D eigenvalue weighted by Gasteiger charge is -2.10. The summed E-state index contributed by atoms with van der Waals surface area (Å²) in [5.41, 5.74) is 4.32. The number of hydrogen-bond donors (Lipinski definition) is 1. The second-order valence-corrected chi connectivity index (χ2v) is 6.51. The van der Waals surface area contributed by atoms with Crippen molar-refractivity contribution in [1.29, 1.82) is 0 Å². The zero-order valence-corrected chi connectivity index (χ0v) is 15.2. The van der Waals surface area contributed by atoms with E-state index in [9.17, 15) is 4.79 Å². The molecule has 6 nitrogen and oxygen atoms in total. The van der Waals surface area contributed by atoms with Crippen molar-refractivity contribution in [2.24, 2.45) is 0 Å². The van der Waals surface area contributed by atoms with Gasteiger partial charge in [-0.2, -0.15) is 0 Å². The topological polar surface area (TPSA) is 72.7 Å². The number of carbonyl (C=O) groups is 1. The maximum atomic E-state index is 12.8. The van der Waals surface area contributed by atoms with E-state index < -0.39 is 0 Å². The third-order valence-electron chi connectivity index (χ3n) is 4.37. The van der Waals surface area contributed by atoms with Gasteiger partial charge in [-0.05, 0) is 43.7 Å². The zero-order chi connectivity index (χ0) is 18.8. The highest BCUT2D eigenvalue weighted by Crippen LogP contribution is 2.20. The number of hydrogen-bond acceptors (Lipinski definition) is 4. The van der Waals surface area contributed by atoms with Gasteiger partial charge in [-0.3, -0.25) is 14.3 Å². The number of aryl methyl sites for hydroxylation is 2. The lowest BCUT2D eigenvalue weighted by Crippen LogP contribution is -2.23. The van der Waals surface area contributed by atoms with Crippen molar-refractivity contribution in [3.05, 3.63) is 83.7 Å². The summed E-state index contributed by atoms with van der Waals surface area (Å²) in [6, 6.07) is 11.6. The van der Waals surface area contributed by atoms with Crippen LogP contribution in [-0.2, 0) is 6.54 Å². The van der Waals surface area contributed by atoms with Crippen LogP contribution in [0.15, 0.2) is 61.3 Å². The predicted octanol–water partition coefficient (Wildman–Crippen LogP) is 3.36. The van der Waals surface area contributed by atoms with Gasteiger partial charge < -0.3 is 5.32 Å². The summed E-state index contributed by atoms with van der Waals surface area (Å²) < 4.78 is 1.83. The minimum Gasteiger partial charge on any atom is -0.348 e. The van der Waals surface area contributed by atoms with Crippen molar-refractivity contribution in [2.75, 3.05) is 0 Å². The minimum absolute atomic E-state index is 0.116. The van der Waals surface area contributed by atoms with E-state index in [2.05, 4.69) is 20.3 Å². The van der Waals surface area contributed by atoms with Gasteiger partial charge in [0.2, 0.25) is 0 Å².